The number of amides is 1. The van der Waals surface area contributed by atoms with E-state index in [0.717, 1.165) is 0 Å². The van der Waals surface area contributed by atoms with Gasteiger partial charge in [-0.25, -0.2) is 4.39 Å². The molecule has 1 rings (SSSR count). The third kappa shape index (κ3) is 3.42. The molecular formula is C12H17FN2O2. The lowest BCUT2D eigenvalue weighted by Gasteiger charge is -2.14. The Morgan fingerprint density at radius 3 is 2.82 bits per heavy atom. The number of benzene rings is 1. The van der Waals surface area contributed by atoms with E-state index in [1.807, 2.05) is 6.92 Å². The minimum Gasteiger partial charge on any atom is -0.495 e. The van der Waals surface area contributed by atoms with E-state index in [1.54, 1.807) is 0 Å². The molecule has 0 fully saturated rings. The zero-order chi connectivity index (χ0) is 12.8. The quantitative estimate of drug-likeness (QED) is 0.824. The molecule has 0 saturated heterocycles. The first-order valence-corrected chi connectivity index (χ1v) is 5.46. The van der Waals surface area contributed by atoms with Crippen LogP contribution in [-0.2, 0) is 4.79 Å². The second-order valence-corrected chi connectivity index (χ2v) is 3.67. The van der Waals surface area contributed by atoms with E-state index >= 15 is 0 Å². The van der Waals surface area contributed by atoms with Crippen molar-refractivity contribution in [1.82, 2.24) is 0 Å². The highest BCUT2D eigenvalue weighted by atomic mass is 19.1. The maximum Gasteiger partial charge on any atom is 0.228 e. The molecule has 0 saturated carbocycles. The fourth-order valence-corrected chi connectivity index (χ4v) is 1.47. The SMILES string of the molecule is CCC(CN)C(=O)Nc1cc(F)ccc1OC. The zero-order valence-corrected chi connectivity index (χ0v) is 10.00. The Kier molecular flexibility index (Phi) is 4.90. The van der Waals surface area contributed by atoms with E-state index in [-0.39, 0.29) is 18.4 Å². The summed E-state index contributed by atoms with van der Waals surface area (Å²) in [6.45, 7) is 2.14. The van der Waals surface area contributed by atoms with Crippen LogP contribution in [0.15, 0.2) is 18.2 Å². The van der Waals surface area contributed by atoms with Crippen LogP contribution < -0.4 is 15.8 Å². The lowest BCUT2D eigenvalue weighted by molar-refractivity contribution is -0.119. The first kappa shape index (κ1) is 13.4. The molecule has 4 nitrogen and oxygen atoms in total. The van der Waals surface area contributed by atoms with Crippen LogP contribution in [0.4, 0.5) is 10.1 Å². The summed E-state index contributed by atoms with van der Waals surface area (Å²) in [5.74, 6) is -0.504. The van der Waals surface area contributed by atoms with Crippen molar-refractivity contribution in [3.05, 3.63) is 24.0 Å². The van der Waals surface area contributed by atoms with Gasteiger partial charge in [-0.05, 0) is 18.6 Å². The fourth-order valence-electron chi connectivity index (χ4n) is 1.47. The summed E-state index contributed by atoms with van der Waals surface area (Å²) in [5.41, 5.74) is 5.80. The minimum absolute atomic E-state index is 0.223. The largest absolute Gasteiger partial charge is 0.495 e. The molecule has 1 unspecified atom stereocenters. The second kappa shape index (κ2) is 6.20. The van der Waals surface area contributed by atoms with Crippen LogP contribution in [0.1, 0.15) is 13.3 Å². The Hall–Kier alpha value is -1.62. The van der Waals surface area contributed by atoms with Gasteiger partial charge < -0.3 is 15.8 Å². The number of halogens is 1. The molecule has 0 spiro atoms. The lowest BCUT2D eigenvalue weighted by Crippen LogP contribution is -2.28. The molecule has 0 heterocycles. The maximum atomic E-state index is 13.1. The first-order chi connectivity index (χ1) is 8.12. The molecule has 5 heteroatoms. The van der Waals surface area contributed by atoms with Gasteiger partial charge in [0.2, 0.25) is 5.91 Å². The Morgan fingerprint density at radius 1 is 1.59 bits per heavy atom. The Bertz CT molecular complexity index is 392. The molecule has 0 aliphatic carbocycles. The molecule has 94 valence electrons. The average Bonchev–Trinajstić information content (AvgIpc) is 2.31. The summed E-state index contributed by atoms with van der Waals surface area (Å²) in [4.78, 5) is 11.8. The van der Waals surface area contributed by atoms with Gasteiger partial charge in [-0.15, -0.1) is 0 Å². The third-order valence-corrected chi connectivity index (χ3v) is 2.57. The van der Waals surface area contributed by atoms with Gasteiger partial charge in [0.15, 0.2) is 0 Å². The van der Waals surface area contributed by atoms with Gasteiger partial charge in [0.1, 0.15) is 11.6 Å². The van der Waals surface area contributed by atoms with Crippen molar-refractivity contribution < 1.29 is 13.9 Å². The first-order valence-electron chi connectivity index (χ1n) is 5.46. The van der Waals surface area contributed by atoms with E-state index in [1.165, 1.54) is 25.3 Å². The van der Waals surface area contributed by atoms with E-state index in [0.29, 0.717) is 17.9 Å². The number of carbonyl (C=O) groups excluding carboxylic acids is 1. The lowest BCUT2D eigenvalue weighted by atomic mass is 10.1. The van der Waals surface area contributed by atoms with Gasteiger partial charge in [0, 0.05) is 12.6 Å². The zero-order valence-electron chi connectivity index (χ0n) is 10.00. The fraction of sp³-hybridized carbons (Fsp3) is 0.417. The van der Waals surface area contributed by atoms with Crippen LogP contribution in [-0.4, -0.2) is 19.6 Å². The monoisotopic (exact) mass is 240 g/mol. The second-order valence-electron chi connectivity index (χ2n) is 3.67. The molecule has 1 amide bonds. The van der Waals surface area contributed by atoms with E-state index in [9.17, 15) is 9.18 Å². The van der Waals surface area contributed by atoms with Gasteiger partial charge in [0.25, 0.3) is 0 Å². The molecular weight excluding hydrogens is 223 g/mol. The van der Waals surface area contributed by atoms with Gasteiger partial charge >= 0.3 is 0 Å². The molecule has 0 aromatic heterocycles. The number of rotatable bonds is 5. The van der Waals surface area contributed by atoms with Crippen LogP contribution in [0.3, 0.4) is 0 Å². The van der Waals surface area contributed by atoms with E-state index in [4.69, 9.17) is 10.5 Å². The van der Waals surface area contributed by atoms with Crippen molar-refractivity contribution >= 4 is 11.6 Å². The van der Waals surface area contributed by atoms with Gasteiger partial charge in [-0.2, -0.15) is 0 Å². The Labute approximate surface area is 100.0 Å². The van der Waals surface area contributed by atoms with Crippen LogP contribution in [0.25, 0.3) is 0 Å². The van der Waals surface area contributed by atoms with Crippen LogP contribution in [0.2, 0.25) is 0 Å². The number of nitrogens with two attached hydrogens (primary N) is 1. The normalized spacial score (nSPS) is 12.0. The molecule has 0 aliphatic rings. The number of nitrogens with one attached hydrogen (secondary N) is 1. The topological polar surface area (TPSA) is 64.4 Å². The Balaban J connectivity index is 2.86. The number of ether oxygens (including phenoxy) is 1. The summed E-state index contributed by atoms with van der Waals surface area (Å²) < 4.78 is 18.1. The van der Waals surface area contributed by atoms with Crippen molar-refractivity contribution in [2.75, 3.05) is 19.0 Å². The smallest absolute Gasteiger partial charge is 0.228 e. The molecule has 0 aliphatic heterocycles. The molecule has 0 radical (unpaired) electrons. The van der Waals surface area contributed by atoms with Crippen molar-refractivity contribution in [1.29, 1.82) is 0 Å². The van der Waals surface area contributed by atoms with E-state index in [2.05, 4.69) is 5.32 Å². The predicted molar refractivity (Wildman–Crippen MR) is 64.4 cm³/mol. The summed E-state index contributed by atoms with van der Waals surface area (Å²) in [7, 11) is 1.46. The summed E-state index contributed by atoms with van der Waals surface area (Å²) in [6, 6.07) is 3.96. The molecule has 1 aromatic carbocycles. The highest BCUT2D eigenvalue weighted by molar-refractivity contribution is 5.94. The predicted octanol–water partition coefficient (Wildman–Crippen LogP) is 1.76. The minimum atomic E-state index is -0.429. The average molecular weight is 240 g/mol. The number of carbonyl (C=O) groups is 1. The van der Waals surface area contributed by atoms with Gasteiger partial charge in [0.05, 0.1) is 18.7 Å². The van der Waals surface area contributed by atoms with Crippen molar-refractivity contribution in [3.63, 3.8) is 0 Å². The van der Waals surface area contributed by atoms with Gasteiger partial charge in [-0.1, -0.05) is 6.92 Å². The molecule has 0 bridgehead atoms. The number of hydrogen-bond acceptors (Lipinski definition) is 3. The van der Waals surface area contributed by atoms with Crippen LogP contribution in [0, 0.1) is 11.7 Å². The molecule has 3 N–H and O–H groups in total. The van der Waals surface area contributed by atoms with Crippen molar-refractivity contribution in [2.45, 2.75) is 13.3 Å². The molecule has 17 heavy (non-hydrogen) atoms. The third-order valence-electron chi connectivity index (χ3n) is 2.57. The van der Waals surface area contributed by atoms with Crippen LogP contribution >= 0.6 is 0 Å². The van der Waals surface area contributed by atoms with Crippen molar-refractivity contribution in [3.8, 4) is 5.75 Å². The molecule has 1 aromatic rings. The van der Waals surface area contributed by atoms with E-state index < -0.39 is 5.82 Å². The highest BCUT2D eigenvalue weighted by Crippen LogP contribution is 2.25. The Morgan fingerprint density at radius 2 is 2.29 bits per heavy atom. The summed E-state index contributed by atoms with van der Waals surface area (Å²) in [5, 5.41) is 2.62. The van der Waals surface area contributed by atoms with Gasteiger partial charge in [-0.3, -0.25) is 4.79 Å². The van der Waals surface area contributed by atoms with Crippen molar-refractivity contribution in [2.24, 2.45) is 11.7 Å². The molecule has 1 atom stereocenters. The number of methoxy groups -OCH3 is 1. The standard InChI is InChI=1S/C12H17FN2O2/c1-3-8(7-14)12(16)15-10-6-9(13)4-5-11(10)17-2/h4-6,8H,3,7,14H2,1-2H3,(H,15,16). The summed E-state index contributed by atoms with van der Waals surface area (Å²) in [6.07, 6.45) is 0.639. The number of anilines is 1. The number of hydrogen-bond donors (Lipinski definition) is 2. The maximum absolute atomic E-state index is 13.1. The summed E-state index contributed by atoms with van der Waals surface area (Å²) >= 11 is 0. The van der Waals surface area contributed by atoms with Crippen LogP contribution in [0.5, 0.6) is 5.75 Å². The highest BCUT2D eigenvalue weighted by Gasteiger charge is 2.16.